The molecule has 0 aromatic heterocycles. The van der Waals surface area contributed by atoms with E-state index >= 15 is 0 Å². The highest BCUT2D eigenvalue weighted by molar-refractivity contribution is 8.06. The third-order valence-electron chi connectivity index (χ3n) is 8.68. The van der Waals surface area contributed by atoms with Crippen LogP contribution >= 0.6 is 0 Å². The van der Waals surface area contributed by atoms with E-state index < -0.39 is 114 Å². The Morgan fingerprint density at radius 1 is 0.718 bits per heavy atom. The maximum absolute atomic E-state index is 14.6. The van der Waals surface area contributed by atoms with Gasteiger partial charge >= 0.3 is 54.4 Å². The molecule has 4 aliphatic carbocycles. The summed E-state index contributed by atoms with van der Waals surface area (Å²) in [5, 5.41) is -11.4. The highest BCUT2D eigenvalue weighted by Gasteiger charge is 2.68. The minimum atomic E-state index is -6.77. The molecule has 6 rings (SSSR count). The van der Waals surface area contributed by atoms with Crippen LogP contribution in [0.5, 0.6) is 0 Å². The third-order valence-corrected chi connectivity index (χ3v) is 12.1. The van der Waals surface area contributed by atoms with E-state index in [0.29, 0.717) is 0 Å². The summed E-state index contributed by atoms with van der Waals surface area (Å²) in [5.41, 5.74) is 0. The molecule has 4 saturated carbocycles. The van der Waals surface area contributed by atoms with Gasteiger partial charge in [0.25, 0.3) is 0 Å². The van der Waals surface area contributed by atoms with Crippen molar-refractivity contribution in [3.63, 3.8) is 0 Å². The summed E-state index contributed by atoms with van der Waals surface area (Å²) >= 11 is 0. The Balaban J connectivity index is 1.14. The summed E-state index contributed by atoms with van der Waals surface area (Å²) in [6.45, 7) is 0. The van der Waals surface area contributed by atoms with E-state index in [9.17, 15) is 53.6 Å². The SMILES string of the molecule is O=C1OC2C3CC(CC13)C2OC(=O)C(F)(F)S(=O)(=O)NS(=O)(=O)C(F)(F)C(=O)OC1C2CC3C(=O)OC1C3C2. The number of rotatable bonds is 8. The molecular formula is C20H19F4NO12S2. The van der Waals surface area contributed by atoms with Gasteiger partial charge in [-0.15, -0.1) is 0 Å². The number of alkyl halides is 4. The molecule has 2 saturated heterocycles. The second-order valence-corrected chi connectivity index (χ2v) is 14.4. The van der Waals surface area contributed by atoms with Crippen LogP contribution in [0.1, 0.15) is 25.7 Å². The zero-order valence-electron chi connectivity index (χ0n) is 19.3. The van der Waals surface area contributed by atoms with Gasteiger partial charge in [0.1, 0.15) is 24.4 Å². The average molecular weight is 605 g/mol. The van der Waals surface area contributed by atoms with Gasteiger partial charge in [0.2, 0.25) is 0 Å². The van der Waals surface area contributed by atoms with Gasteiger partial charge in [0, 0.05) is 23.7 Å². The maximum Gasteiger partial charge on any atom is 0.455 e. The Morgan fingerprint density at radius 2 is 1.08 bits per heavy atom. The van der Waals surface area contributed by atoms with Crippen LogP contribution in [0.4, 0.5) is 17.6 Å². The lowest BCUT2D eigenvalue weighted by atomic mass is 9.88. The first-order valence-corrected chi connectivity index (χ1v) is 14.8. The van der Waals surface area contributed by atoms with Crippen LogP contribution in [-0.4, -0.2) is 75.6 Å². The number of hydrogen-bond donors (Lipinski definition) is 1. The molecule has 39 heavy (non-hydrogen) atoms. The van der Waals surface area contributed by atoms with E-state index in [2.05, 4.69) is 9.47 Å². The molecule has 1 N–H and O–H groups in total. The van der Waals surface area contributed by atoms with Crippen molar-refractivity contribution in [2.24, 2.45) is 35.5 Å². The van der Waals surface area contributed by atoms with E-state index in [1.165, 1.54) is 0 Å². The minimum Gasteiger partial charge on any atom is -0.458 e. The van der Waals surface area contributed by atoms with Crippen molar-refractivity contribution in [2.45, 2.75) is 60.6 Å². The molecule has 2 heterocycles. The van der Waals surface area contributed by atoms with Gasteiger partial charge in [-0.25, -0.2) is 26.4 Å². The van der Waals surface area contributed by atoms with Gasteiger partial charge in [-0.3, -0.25) is 9.59 Å². The third kappa shape index (κ3) is 3.57. The highest BCUT2D eigenvalue weighted by Crippen LogP contribution is 2.56. The van der Waals surface area contributed by atoms with Gasteiger partial charge in [-0.05, 0) is 25.7 Å². The zero-order chi connectivity index (χ0) is 28.4. The van der Waals surface area contributed by atoms with Crippen molar-refractivity contribution >= 4 is 43.9 Å². The summed E-state index contributed by atoms with van der Waals surface area (Å²) in [6, 6.07) is 0. The molecule has 6 fully saturated rings. The number of nitrogens with one attached hydrogen (secondary N) is 1. The van der Waals surface area contributed by atoms with Gasteiger partial charge in [0.15, 0.2) is 0 Å². The molecule has 0 aromatic rings. The van der Waals surface area contributed by atoms with Crippen molar-refractivity contribution in [3.8, 4) is 0 Å². The Hall–Kier alpha value is -2.54. The molecule has 2 aliphatic heterocycles. The lowest BCUT2D eigenvalue weighted by molar-refractivity contribution is -0.176. The zero-order valence-corrected chi connectivity index (χ0v) is 21.0. The molecule has 10 unspecified atom stereocenters. The molecule has 0 amide bonds. The Kier molecular flexibility index (Phi) is 5.48. The molecular weight excluding hydrogens is 586 g/mol. The quantitative estimate of drug-likeness (QED) is 0.211. The first-order valence-electron chi connectivity index (χ1n) is 11.8. The number of halogens is 4. The average Bonchev–Trinajstić information content (AvgIpc) is 3.62. The van der Waals surface area contributed by atoms with Crippen LogP contribution in [0, 0.1) is 35.5 Å². The smallest absolute Gasteiger partial charge is 0.455 e. The van der Waals surface area contributed by atoms with Crippen LogP contribution in [0.3, 0.4) is 0 Å². The van der Waals surface area contributed by atoms with E-state index in [1.54, 1.807) is 0 Å². The number of carbonyl (C=O) groups is 4. The number of sulfonamides is 2. The molecule has 10 atom stereocenters. The predicted molar refractivity (Wildman–Crippen MR) is 110 cm³/mol. The minimum absolute atomic E-state index is 0.0458. The molecule has 0 aromatic carbocycles. The van der Waals surface area contributed by atoms with E-state index in [1.807, 2.05) is 0 Å². The lowest BCUT2D eigenvalue weighted by Gasteiger charge is -2.28. The van der Waals surface area contributed by atoms with Crippen LogP contribution in [-0.2, 0) is 58.2 Å². The van der Waals surface area contributed by atoms with Crippen LogP contribution in [0.25, 0.3) is 0 Å². The Morgan fingerprint density at radius 3 is 1.44 bits per heavy atom. The monoisotopic (exact) mass is 605 g/mol. The van der Waals surface area contributed by atoms with Crippen molar-refractivity contribution in [3.05, 3.63) is 0 Å². The largest absolute Gasteiger partial charge is 0.458 e. The maximum atomic E-state index is 14.6. The highest BCUT2D eigenvalue weighted by atomic mass is 32.3. The van der Waals surface area contributed by atoms with Gasteiger partial charge < -0.3 is 18.9 Å². The molecule has 0 spiro atoms. The van der Waals surface area contributed by atoms with E-state index in [-0.39, 0.29) is 29.8 Å². The van der Waals surface area contributed by atoms with Crippen molar-refractivity contribution in [2.75, 3.05) is 0 Å². The van der Waals surface area contributed by atoms with Crippen molar-refractivity contribution in [1.82, 2.24) is 4.13 Å². The number of esters is 4. The van der Waals surface area contributed by atoms with Gasteiger partial charge in [0.05, 0.1) is 11.8 Å². The summed E-state index contributed by atoms with van der Waals surface area (Å²) in [5.74, 6) is -9.88. The fraction of sp³-hybridized carbons (Fsp3) is 0.800. The summed E-state index contributed by atoms with van der Waals surface area (Å²) < 4.78 is 126. The fourth-order valence-corrected chi connectivity index (χ4v) is 9.51. The normalized spacial score (nSPS) is 40.1. The fourth-order valence-electron chi connectivity index (χ4n) is 6.98. The molecule has 13 nitrogen and oxygen atoms in total. The summed E-state index contributed by atoms with van der Waals surface area (Å²) in [7, 11) is -13.5. The second kappa shape index (κ2) is 8.02. The van der Waals surface area contributed by atoms with Crippen molar-refractivity contribution in [1.29, 1.82) is 0 Å². The molecule has 19 heteroatoms. The predicted octanol–water partition coefficient (Wildman–Crippen LogP) is -0.592. The number of ether oxygens (including phenoxy) is 4. The van der Waals surface area contributed by atoms with Gasteiger partial charge in [-0.2, -0.15) is 17.6 Å². The van der Waals surface area contributed by atoms with E-state index in [4.69, 9.17) is 9.47 Å². The first kappa shape index (κ1) is 26.7. The topological polar surface area (TPSA) is 186 Å². The Bertz CT molecular complexity index is 1300. The Labute approximate surface area is 216 Å². The van der Waals surface area contributed by atoms with E-state index in [0.717, 1.165) is 0 Å². The van der Waals surface area contributed by atoms with Crippen molar-refractivity contribution < 1.29 is 72.5 Å². The van der Waals surface area contributed by atoms with Gasteiger partial charge in [-0.1, -0.05) is 4.13 Å². The van der Waals surface area contributed by atoms with Crippen LogP contribution in [0.15, 0.2) is 0 Å². The molecule has 4 bridgehead atoms. The number of carbonyl (C=O) groups excluding carboxylic acids is 4. The molecule has 6 aliphatic rings. The molecule has 0 radical (unpaired) electrons. The standard InChI is InChI=1S/C20H19F4NO12S2/c21-19(22,17(28)36-11-5-1-7-9(3-5)15(26)34-13(7)11)38(30,31)25-39(32,33)20(23,24)18(29)37-12-6-2-8-10(4-6)16(27)35-14(8)12/h5-14,25H,1-4H2. The van der Waals surface area contributed by atoms with Crippen LogP contribution in [0.2, 0.25) is 0 Å². The summed E-state index contributed by atoms with van der Waals surface area (Å²) in [4.78, 5) is 47.8. The summed E-state index contributed by atoms with van der Waals surface area (Å²) in [6.07, 6.45) is -4.24. The first-order chi connectivity index (χ1) is 18.0. The second-order valence-electron chi connectivity index (χ2n) is 10.7. The number of fused-ring (bicyclic) bond motifs is 2. The lowest BCUT2D eigenvalue weighted by Crippen LogP contribution is -2.55. The number of hydrogen-bond acceptors (Lipinski definition) is 12. The molecule has 216 valence electrons. The van der Waals surface area contributed by atoms with Crippen LogP contribution < -0.4 is 4.13 Å².